The number of nitrogens with zero attached hydrogens (tertiary/aromatic N) is 2. The molecule has 1 aromatic carbocycles. The number of aryl methyl sites for hydroxylation is 1. The van der Waals surface area contributed by atoms with Crippen molar-refractivity contribution in [3.8, 4) is 0 Å². The fourth-order valence-electron chi connectivity index (χ4n) is 1.79. The van der Waals surface area contributed by atoms with Crippen molar-refractivity contribution in [2.75, 3.05) is 17.7 Å². The van der Waals surface area contributed by atoms with Crippen LogP contribution in [0.4, 0.5) is 11.4 Å². The molecule has 0 unspecified atom stereocenters. The van der Waals surface area contributed by atoms with Gasteiger partial charge in [-0.2, -0.15) is 0 Å². The number of pyridine rings is 1. The van der Waals surface area contributed by atoms with Crippen molar-refractivity contribution in [1.82, 2.24) is 4.98 Å². The van der Waals surface area contributed by atoms with Gasteiger partial charge in [-0.15, -0.1) is 0 Å². The Kier molecular flexibility index (Phi) is 3.71. The van der Waals surface area contributed by atoms with Gasteiger partial charge in [-0.25, -0.2) is 0 Å². The molecule has 0 aliphatic heterocycles. The summed E-state index contributed by atoms with van der Waals surface area (Å²) in [5, 5.41) is 0.537. The van der Waals surface area contributed by atoms with Crippen LogP contribution in [0.25, 0.3) is 0 Å². The molecule has 0 bridgehead atoms. The second-order valence-corrected chi connectivity index (χ2v) is 4.69. The van der Waals surface area contributed by atoms with E-state index < -0.39 is 0 Å². The van der Waals surface area contributed by atoms with Crippen LogP contribution in [0.3, 0.4) is 0 Å². The molecule has 1 amide bonds. The van der Waals surface area contributed by atoms with Gasteiger partial charge in [0.15, 0.2) is 0 Å². The molecule has 1 heterocycles. The third-order valence-electron chi connectivity index (χ3n) is 2.80. The van der Waals surface area contributed by atoms with Crippen LogP contribution in [0.15, 0.2) is 36.5 Å². The van der Waals surface area contributed by atoms with Gasteiger partial charge in [0.25, 0.3) is 5.91 Å². The van der Waals surface area contributed by atoms with Crippen LogP contribution in [-0.4, -0.2) is 17.9 Å². The SMILES string of the molecule is Cc1cc(C(=O)N(C)c2cc(Cl)ccc2N)ccn1. The largest absolute Gasteiger partial charge is 0.397 e. The number of anilines is 2. The van der Waals surface area contributed by atoms with Gasteiger partial charge in [0.2, 0.25) is 0 Å². The Morgan fingerprint density at radius 3 is 2.74 bits per heavy atom. The maximum absolute atomic E-state index is 12.4. The Labute approximate surface area is 116 Å². The Morgan fingerprint density at radius 2 is 2.05 bits per heavy atom. The Hall–Kier alpha value is -2.07. The lowest BCUT2D eigenvalue weighted by Gasteiger charge is -2.19. The van der Waals surface area contributed by atoms with E-state index in [1.165, 1.54) is 4.90 Å². The van der Waals surface area contributed by atoms with Crippen LogP contribution in [0.5, 0.6) is 0 Å². The maximum Gasteiger partial charge on any atom is 0.258 e. The highest BCUT2D eigenvalue weighted by atomic mass is 35.5. The molecule has 4 nitrogen and oxygen atoms in total. The monoisotopic (exact) mass is 275 g/mol. The van der Waals surface area contributed by atoms with Gasteiger partial charge >= 0.3 is 0 Å². The van der Waals surface area contributed by atoms with Gasteiger partial charge in [0.1, 0.15) is 0 Å². The number of aromatic nitrogens is 1. The minimum Gasteiger partial charge on any atom is -0.397 e. The standard InChI is InChI=1S/C14H14ClN3O/c1-9-7-10(5-6-17-9)14(19)18(2)13-8-11(15)3-4-12(13)16/h3-8H,16H2,1-2H3. The van der Waals surface area contributed by atoms with E-state index in [0.29, 0.717) is 22.0 Å². The molecule has 5 heteroatoms. The molecule has 0 saturated carbocycles. The average molecular weight is 276 g/mol. The molecule has 0 saturated heterocycles. The van der Waals surface area contributed by atoms with Gasteiger partial charge in [-0.1, -0.05) is 11.6 Å². The summed E-state index contributed by atoms with van der Waals surface area (Å²) in [7, 11) is 1.67. The van der Waals surface area contributed by atoms with E-state index in [2.05, 4.69) is 4.98 Å². The lowest BCUT2D eigenvalue weighted by atomic mass is 10.2. The quantitative estimate of drug-likeness (QED) is 0.858. The van der Waals surface area contributed by atoms with Crippen molar-refractivity contribution in [2.24, 2.45) is 0 Å². The number of rotatable bonds is 2. The number of carbonyl (C=O) groups excluding carboxylic acids is 1. The number of hydrogen-bond donors (Lipinski definition) is 1. The minimum atomic E-state index is -0.153. The third-order valence-corrected chi connectivity index (χ3v) is 3.04. The first kappa shape index (κ1) is 13.4. The highest BCUT2D eigenvalue weighted by molar-refractivity contribution is 6.31. The zero-order chi connectivity index (χ0) is 14.0. The van der Waals surface area contributed by atoms with Crippen molar-refractivity contribution >= 4 is 28.9 Å². The second-order valence-electron chi connectivity index (χ2n) is 4.25. The zero-order valence-electron chi connectivity index (χ0n) is 10.7. The summed E-state index contributed by atoms with van der Waals surface area (Å²) in [4.78, 5) is 17.9. The topological polar surface area (TPSA) is 59.2 Å². The average Bonchev–Trinajstić information content (AvgIpc) is 2.40. The first-order valence-corrected chi connectivity index (χ1v) is 6.12. The number of nitrogen functional groups attached to an aromatic ring is 1. The first-order chi connectivity index (χ1) is 8.99. The summed E-state index contributed by atoms with van der Waals surface area (Å²) in [5.41, 5.74) is 8.32. The Morgan fingerprint density at radius 1 is 1.32 bits per heavy atom. The van der Waals surface area contributed by atoms with E-state index in [-0.39, 0.29) is 5.91 Å². The molecule has 1 aromatic heterocycles. The van der Waals surface area contributed by atoms with Crippen LogP contribution < -0.4 is 10.6 Å². The van der Waals surface area contributed by atoms with Crippen LogP contribution in [-0.2, 0) is 0 Å². The van der Waals surface area contributed by atoms with Gasteiger partial charge in [-0.3, -0.25) is 9.78 Å². The zero-order valence-corrected chi connectivity index (χ0v) is 11.5. The van der Waals surface area contributed by atoms with Crippen LogP contribution >= 0.6 is 11.6 Å². The number of hydrogen-bond acceptors (Lipinski definition) is 3. The molecule has 0 aliphatic rings. The summed E-state index contributed by atoms with van der Waals surface area (Å²) in [6.45, 7) is 1.84. The fourth-order valence-corrected chi connectivity index (χ4v) is 1.96. The molecule has 2 aromatic rings. The second kappa shape index (κ2) is 5.28. The predicted octanol–water partition coefficient (Wildman–Crippen LogP) is 2.90. The van der Waals surface area contributed by atoms with Crippen LogP contribution in [0.1, 0.15) is 16.1 Å². The fraction of sp³-hybridized carbons (Fsp3) is 0.143. The third kappa shape index (κ3) is 2.85. The van der Waals surface area contributed by atoms with Crippen molar-refractivity contribution in [3.05, 3.63) is 52.8 Å². The van der Waals surface area contributed by atoms with Gasteiger partial charge in [-0.05, 0) is 37.3 Å². The smallest absolute Gasteiger partial charge is 0.258 e. The van der Waals surface area contributed by atoms with Gasteiger partial charge in [0.05, 0.1) is 11.4 Å². The lowest BCUT2D eigenvalue weighted by molar-refractivity contribution is 0.0993. The molecule has 0 aliphatic carbocycles. The molecular formula is C14H14ClN3O. The summed E-state index contributed by atoms with van der Waals surface area (Å²) in [6.07, 6.45) is 1.61. The molecular weight excluding hydrogens is 262 g/mol. The lowest BCUT2D eigenvalue weighted by Crippen LogP contribution is -2.27. The maximum atomic E-state index is 12.4. The predicted molar refractivity (Wildman–Crippen MR) is 77.6 cm³/mol. The van der Waals surface area contributed by atoms with E-state index in [1.807, 2.05) is 6.92 Å². The molecule has 2 rings (SSSR count). The molecule has 0 spiro atoms. The van der Waals surface area contributed by atoms with Crippen molar-refractivity contribution in [3.63, 3.8) is 0 Å². The molecule has 0 fully saturated rings. The summed E-state index contributed by atoms with van der Waals surface area (Å²) in [5.74, 6) is -0.153. The van der Waals surface area contributed by atoms with E-state index in [0.717, 1.165) is 5.69 Å². The van der Waals surface area contributed by atoms with E-state index >= 15 is 0 Å². The molecule has 19 heavy (non-hydrogen) atoms. The number of halogens is 1. The number of benzene rings is 1. The summed E-state index contributed by atoms with van der Waals surface area (Å²) >= 11 is 5.93. The number of nitrogens with two attached hydrogens (primary N) is 1. The molecule has 2 N–H and O–H groups in total. The van der Waals surface area contributed by atoms with Crippen LogP contribution in [0.2, 0.25) is 5.02 Å². The van der Waals surface area contributed by atoms with Gasteiger partial charge < -0.3 is 10.6 Å². The number of amides is 1. The molecule has 0 atom stereocenters. The van der Waals surface area contributed by atoms with E-state index in [4.69, 9.17) is 17.3 Å². The highest BCUT2D eigenvalue weighted by Crippen LogP contribution is 2.27. The van der Waals surface area contributed by atoms with E-state index in [9.17, 15) is 4.79 Å². The Bertz CT molecular complexity index is 628. The van der Waals surface area contributed by atoms with Crippen molar-refractivity contribution in [1.29, 1.82) is 0 Å². The normalized spacial score (nSPS) is 10.3. The molecule has 0 radical (unpaired) electrons. The van der Waals surface area contributed by atoms with E-state index in [1.54, 1.807) is 43.6 Å². The first-order valence-electron chi connectivity index (χ1n) is 5.75. The molecule has 98 valence electrons. The highest BCUT2D eigenvalue weighted by Gasteiger charge is 2.16. The number of carbonyl (C=O) groups is 1. The van der Waals surface area contributed by atoms with Gasteiger partial charge in [0, 0.05) is 29.5 Å². The van der Waals surface area contributed by atoms with Crippen LogP contribution in [0, 0.1) is 6.92 Å². The Balaban J connectivity index is 2.36. The van der Waals surface area contributed by atoms with Crippen molar-refractivity contribution in [2.45, 2.75) is 6.92 Å². The summed E-state index contributed by atoms with van der Waals surface area (Å²) in [6, 6.07) is 8.45. The summed E-state index contributed by atoms with van der Waals surface area (Å²) < 4.78 is 0. The minimum absolute atomic E-state index is 0.153. The van der Waals surface area contributed by atoms with Crippen molar-refractivity contribution < 1.29 is 4.79 Å².